The molecule has 6 heteroatoms. The number of carbonyl (C=O) groups is 1. The molecule has 1 atom stereocenters. The number of hydrogen-bond acceptors (Lipinski definition) is 3. The zero-order valence-corrected chi connectivity index (χ0v) is 15.4. The van der Waals surface area contributed by atoms with Gasteiger partial charge in [-0.1, -0.05) is 20.3 Å². The summed E-state index contributed by atoms with van der Waals surface area (Å²) in [5.41, 5.74) is 5.61. The Morgan fingerprint density at radius 3 is 2.52 bits per heavy atom. The van der Waals surface area contributed by atoms with Crippen molar-refractivity contribution in [2.45, 2.75) is 71.9 Å². The summed E-state index contributed by atoms with van der Waals surface area (Å²) in [6, 6.07) is -0.0443. The summed E-state index contributed by atoms with van der Waals surface area (Å²) in [4.78, 5) is 18.5. The van der Waals surface area contributed by atoms with Crippen LogP contribution in [0.15, 0.2) is 4.99 Å². The number of amides is 1. The molecule has 6 nitrogen and oxygen atoms in total. The van der Waals surface area contributed by atoms with E-state index in [9.17, 15) is 4.79 Å². The van der Waals surface area contributed by atoms with E-state index in [2.05, 4.69) is 29.1 Å². The molecule has 0 bridgehead atoms. The van der Waals surface area contributed by atoms with Gasteiger partial charge in [-0.15, -0.1) is 0 Å². The standard InChI is InChI=1S/C17H34N4O2/c1-6-7-14(20-16(22)23-17(3,4)5)12-19-15(18)21-10-8-13(2)9-11-21/h13-14H,6-12H2,1-5H3,(H2,18,19)(H,20,22). The number of aliphatic imine (C=N–C) groups is 1. The molecule has 134 valence electrons. The maximum atomic E-state index is 11.9. The first-order valence-electron chi connectivity index (χ1n) is 8.75. The number of piperidine rings is 1. The van der Waals surface area contributed by atoms with Crippen LogP contribution in [-0.4, -0.2) is 48.2 Å². The van der Waals surface area contributed by atoms with E-state index in [1.807, 2.05) is 20.8 Å². The van der Waals surface area contributed by atoms with Crippen LogP contribution in [0.4, 0.5) is 4.79 Å². The Kier molecular flexibility index (Phi) is 7.65. The molecule has 1 unspecified atom stereocenters. The van der Waals surface area contributed by atoms with Gasteiger partial charge in [0.05, 0.1) is 12.6 Å². The minimum atomic E-state index is -0.492. The van der Waals surface area contributed by atoms with Crippen LogP contribution < -0.4 is 11.1 Å². The zero-order chi connectivity index (χ0) is 17.5. The summed E-state index contributed by atoms with van der Waals surface area (Å²) < 4.78 is 5.31. The van der Waals surface area contributed by atoms with Crippen LogP contribution in [0, 0.1) is 5.92 Å². The molecule has 0 aromatic rings. The lowest BCUT2D eigenvalue weighted by Crippen LogP contribution is -2.44. The Morgan fingerprint density at radius 1 is 1.39 bits per heavy atom. The number of guanidine groups is 1. The van der Waals surface area contributed by atoms with Gasteiger partial charge in [-0.2, -0.15) is 0 Å². The van der Waals surface area contributed by atoms with Crippen LogP contribution in [0.3, 0.4) is 0 Å². The second-order valence-electron chi connectivity index (χ2n) is 7.50. The minimum absolute atomic E-state index is 0.0443. The van der Waals surface area contributed by atoms with Gasteiger partial charge in [0.25, 0.3) is 0 Å². The SMILES string of the molecule is CCCC(CN=C(N)N1CCC(C)CC1)NC(=O)OC(C)(C)C. The third-order valence-corrected chi connectivity index (χ3v) is 3.94. The van der Waals surface area contributed by atoms with Crippen molar-refractivity contribution in [3.63, 3.8) is 0 Å². The molecule has 1 fully saturated rings. The van der Waals surface area contributed by atoms with Crippen molar-refractivity contribution in [1.82, 2.24) is 10.2 Å². The van der Waals surface area contributed by atoms with E-state index in [1.54, 1.807) is 0 Å². The molecule has 0 aromatic carbocycles. The van der Waals surface area contributed by atoms with Gasteiger partial charge in [0.2, 0.25) is 0 Å². The molecule has 1 rings (SSSR count). The lowest BCUT2D eigenvalue weighted by molar-refractivity contribution is 0.0503. The van der Waals surface area contributed by atoms with E-state index in [0.29, 0.717) is 12.5 Å². The molecule has 3 N–H and O–H groups in total. The van der Waals surface area contributed by atoms with E-state index in [0.717, 1.165) is 44.7 Å². The smallest absolute Gasteiger partial charge is 0.407 e. The zero-order valence-electron chi connectivity index (χ0n) is 15.4. The molecule has 1 amide bonds. The van der Waals surface area contributed by atoms with Gasteiger partial charge in [-0.05, 0) is 46.0 Å². The van der Waals surface area contributed by atoms with Crippen LogP contribution >= 0.6 is 0 Å². The largest absolute Gasteiger partial charge is 0.444 e. The number of ether oxygens (including phenoxy) is 1. The summed E-state index contributed by atoms with van der Waals surface area (Å²) in [6.45, 7) is 12.3. The van der Waals surface area contributed by atoms with E-state index in [4.69, 9.17) is 10.5 Å². The number of rotatable bonds is 5. The summed E-state index contributed by atoms with van der Waals surface area (Å²) in [7, 11) is 0. The summed E-state index contributed by atoms with van der Waals surface area (Å²) in [5.74, 6) is 1.35. The fraction of sp³-hybridized carbons (Fsp3) is 0.882. The fourth-order valence-corrected chi connectivity index (χ4v) is 2.57. The Hall–Kier alpha value is -1.46. The third kappa shape index (κ3) is 8.09. The third-order valence-electron chi connectivity index (χ3n) is 3.94. The van der Waals surface area contributed by atoms with Gasteiger partial charge in [0, 0.05) is 13.1 Å². The summed E-state index contributed by atoms with van der Waals surface area (Å²) in [6.07, 6.45) is 3.75. The summed E-state index contributed by atoms with van der Waals surface area (Å²) >= 11 is 0. The highest BCUT2D eigenvalue weighted by molar-refractivity contribution is 5.78. The highest BCUT2D eigenvalue weighted by Gasteiger charge is 2.20. The van der Waals surface area contributed by atoms with Crippen LogP contribution in [-0.2, 0) is 4.74 Å². The molecule has 0 spiro atoms. The Labute approximate surface area is 140 Å². The number of hydrogen-bond donors (Lipinski definition) is 2. The highest BCUT2D eigenvalue weighted by Crippen LogP contribution is 2.15. The number of alkyl carbamates (subject to hydrolysis) is 1. The second-order valence-corrected chi connectivity index (χ2v) is 7.50. The number of nitrogens with two attached hydrogens (primary N) is 1. The van der Waals surface area contributed by atoms with E-state index in [-0.39, 0.29) is 6.04 Å². The van der Waals surface area contributed by atoms with Gasteiger partial charge >= 0.3 is 6.09 Å². The van der Waals surface area contributed by atoms with Crippen LogP contribution in [0.1, 0.15) is 60.3 Å². The number of nitrogens with zero attached hydrogens (tertiary/aromatic N) is 2. The molecule has 0 saturated carbocycles. The van der Waals surface area contributed by atoms with Gasteiger partial charge in [-0.25, -0.2) is 4.79 Å². The van der Waals surface area contributed by atoms with Crippen molar-refractivity contribution >= 4 is 12.1 Å². The summed E-state index contributed by atoms with van der Waals surface area (Å²) in [5, 5.41) is 2.90. The molecule has 1 aliphatic rings. The van der Waals surface area contributed by atoms with Crippen molar-refractivity contribution in [3.8, 4) is 0 Å². The Morgan fingerprint density at radius 2 is 2.00 bits per heavy atom. The Balaban J connectivity index is 2.51. The molecular weight excluding hydrogens is 292 g/mol. The fourth-order valence-electron chi connectivity index (χ4n) is 2.57. The van der Waals surface area contributed by atoms with E-state index < -0.39 is 11.7 Å². The van der Waals surface area contributed by atoms with Gasteiger partial charge in [0.1, 0.15) is 5.60 Å². The van der Waals surface area contributed by atoms with Gasteiger partial charge in [0.15, 0.2) is 5.96 Å². The predicted octanol–water partition coefficient (Wildman–Crippen LogP) is 2.73. The molecular formula is C17H34N4O2. The molecule has 1 aliphatic heterocycles. The van der Waals surface area contributed by atoms with Crippen molar-refractivity contribution in [2.75, 3.05) is 19.6 Å². The molecule has 0 aliphatic carbocycles. The molecule has 0 aromatic heterocycles. The minimum Gasteiger partial charge on any atom is -0.444 e. The van der Waals surface area contributed by atoms with E-state index in [1.165, 1.54) is 0 Å². The first-order valence-corrected chi connectivity index (χ1v) is 8.75. The quantitative estimate of drug-likeness (QED) is 0.601. The Bertz CT molecular complexity index is 396. The van der Waals surface area contributed by atoms with Crippen LogP contribution in [0.2, 0.25) is 0 Å². The van der Waals surface area contributed by atoms with Gasteiger partial charge < -0.3 is 20.7 Å². The van der Waals surface area contributed by atoms with Crippen molar-refractivity contribution in [3.05, 3.63) is 0 Å². The topological polar surface area (TPSA) is 80.0 Å². The first kappa shape index (κ1) is 19.6. The van der Waals surface area contributed by atoms with Crippen molar-refractivity contribution in [1.29, 1.82) is 0 Å². The van der Waals surface area contributed by atoms with Crippen LogP contribution in [0.25, 0.3) is 0 Å². The monoisotopic (exact) mass is 326 g/mol. The first-order chi connectivity index (χ1) is 10.7. The van der Waals surface area contributed by atoms with Crippen LogP contribution in [0.5, 0.6) is 0 Å². The van der Waals surface area contributed by atoms with Crippen molar-refractivity contribution in [2.24, 2.45) is 16.6 Å². The van der Waals surface area contributed by atoms with Crippen molar-refractivity contribution < 1.29 is 9.53 Å². The lowest BCUT2D eigenvalue weighted by atomic mass is 10.00. The number of likely N-dealkylation sites (tertiary alicyclic amines) is 1. The predicted molar refractivity (Wildman–Crippen MR) is 94.5 cm³/mol. The maximum Gasteiger partial charge on any atom is 0.407 e. The average molecular weight is 326 g/mol. The number of nitrogens with one attached hydrogen (secondary N) is 1. The molecule has 0 radical (unpaired) electrons. The van der Waals surface area contributed by atoms with E-state index >= 15 is 0 Å². The lowest BCUT2D eigenvalue weighted by Gasteiger charge is -2.31. The van der Waals surface area contributed by atoms with Gasteiger partial charge in [-0.3, -0.25) is 4.99 Å². The molecule has 23 heavy (non-hydrogen) atoms. The molecule has 1 saturated heterocycles. The average Bonchev–Trinajstić information content (AvgIpc) is 2.43. The normalized spacial score (nSPS) is 18.7. The number of carbonyl (C=O) groups excluding carboxylic acids is 1. The molecule has 1 heterocycles. The maximum absolute atomic E-state index is 11.9. The second kappa shape index (κ2) is 8.99. The highest BCUT2D eigenvalue weighted by atomic mass is 16.6.